The average Bonchev–Trinajstić information content (AvgIpc) is 2.71. The summed E-state index contributed by atoms with van der Waals surface area (Å²) >= 11 is 0. The monoisotopic (exact) mass is 187 g/mol. The number of nitrogens with zero attached hydrogens (tertiary/aromatic N) is 1. The Morgan fingerprint density at radius 1 is 1.21 bits per heavy atom. The Bertz CT molecular complexity index is 542. The molecule has 0 amide bonds. The van der Waals surface area contributed by atoms with E-state index in [0.29, 0.717) is 16.9 Å². The number of rotatable bonds is 0. The number of benzene rings is 1. The summed E-state index contributed by atoms with van der Waals surface area (Å²) in [6.45, 7) is 0. The van der Waals surface area contributed by atoms with Gasteiger partial charge in [0.1, 0.15) is 5.82 Å². The lowest BCUT2D eigenvalue weighted by Crippen LogP contribution is -1.94. The fraction of sp³-hybridized carbons (Fsp3) is 0. The van der Waals surface area contributed by atoms with Gasteiger partial charge in [0.25, 0.3) is 0 Å². The summed E-state index contributed by atoms with van der Waals surface area (Å²) in [4.78, 5) is 11.7. The zero-order chi connectivity index (χ0) is 9.71. The number of carbonyl (C=O) groups is 1. The predicted octanol–water partition coefficient (Wildman–Crippen LogP) is 2.16. The molecule has 0 saturated heterocycles. The largest absolute Gasteiger partial charge is 0.313 e. The SMILES string of the molecule is O=C1c2ccc(F)cc2-n2cccc21. The molecule has 0 radical (unpaired) electrons. The van der Waals surface area contributed by atoms with Crippen LogP contribution in [0.1, 0.15) is 16.1 Å². The van der Waals surface area contributed by atoms with Crippen molar-refractivity contribution < 1.29 is 9.18 Å². The summed E-state index contributed by atoms with van der Waals surface area (Å²) in [5, 5.41) is 0. The van der Waals surface area contributed by atoms with Gasteiger partial charge in [-0.25, -0.2) is 4.39 Å². The molecule has 0 fully saturated rings. The quantitative estimate of drug-likeness (QED) is 0.528. The Kier molecular flexibility index (Phi) is 1.24. The second kappa shape index (κ2) is 2.32. The summed E-state index contributed by atoms with van der Waals surface area (Å²) in [5.74, 6) is -0.358. The molecule has 3 heteroatoms. The first kappa shape index (κ1) is 7.50. The number of aromatic nitrogens is 1. The van der Waals surface area contributed by atoms with Gasteiger partial charge in [-0.1, -0.05) is 0 Å². The second-order valence-electron chi connectivity index (χ2n) is 3.25. The van der Waals surface area contributed by atoms with Crippen LogP contribution >= 0.6 is 0 Å². The number of carbonyl (C=O) groups excluding carboxylic acids is 1. The topological polar surface area (TPSA) is 22.0 Å². The van der Waals surface area contributed by atoms with Crippen molar-refractivity contribution in [3.05, 3.63) is 53.6 Å². The summed E-state index contributed by atoms with van der Waals surface area (Å²) in [6, 6.07) is 7.73. The lowest BCUT2D eigenvalue weighted by molar-refractivity contribution is 0.104. The van der Waals surface area contributed by atoms with Crippen molar-refractivity contribution in [1.82, 2.24) is 4.57 Å². The molecule has 0 atom stereocenters. The van der Waals surface area contributed by atoms with Crippen molar-refractivity contribution in [3.63, 3.8) is 0 Å². The molecule has 2 nitrogen and oxygen atoms in total. The molecule has 2 heterocycles. The third kappa shape index (κ3) is 0.763. The first-order chi connectivity index (χ1) is 6.77. The lowest BCUT2D eigenvalue weighted by Gasteiger charge is -1.99. The molecule has 2 aromatic rings. The van der Waals surface area contributed by atoms with Crippen LogP contribution in [-0.4, -0.2) is 10.4 Å². The number of fused-ring (bicyclic) bond motifs is 3. The highest BCUT2D eigenvalue weighted by atomic mass is 19.1. The molecule has 0 N–H and O–H groups in total. The Labute approximate surface area is 79.6 Å². The third-order valence-corrected chi connectivity index (χ3v) is 2.45. The zero-order valence-electron chi connectivity index (χ0n) is 7.20. The zero-order valence-corrected chi connectivity index (χ0v) is 7.20. The summed E-state index contributed by atoms with van der Waals surface area (Å²) in [6.07, 6.45) is 1.76. The van der Waals surface area contributed by atoms with Gasteiger partial charge in [0.2, 0.25) is 5.78 Å². The van der Waals surface area contributed by atoms with Gasteiger partial charge in [-0.05, 0) is 30.3 Å². The summed E-state index contributed by atoms with van der Waals surface area (Å²) < 4.78 is 14.7. The van der Waals surface area contributed by atoms with E-state index in [0.717, 1.165) is 0 Å². The van der Waals surface area contributed by atoms with E-state index < -0.39 is 0 Å². The fourth-order valence-electron chi connectivity index (χ4n) is 1.81. The third-order valence-electron chi connectivity index (χ3n) is 2.45. The highest BCUT2D eigenvalue weighted by Gasteiger charge is 2.25. The highest BCUT2D eigenvalue weighted by Crippen LogP contribution is 2.28. The maximum absolute atomic E-state index is 13.0. The van der Waals surface area contributed by atoms with Crippen LogP contribution in [0.25, 0.3) is 5.69 Å². The molecular weight excluding hydrogens is 181 g/mol. The van der Waals surface area contributed by atoms with Crippen LogP contribution in [0.5, 0.6) is 0 Å². The minimum Gasteiger partial charge on any atom is -0.313 e. The summed E-state index contributed by atoms with van der Waals surface area (Å²) in [5.41, 5.74) is 1.81. The van der Waals surface area contributed by atoms with E-state index in [2.05, 4.69) is 0 Å². The van der Waals surface area contributed by atoms with Crippen molar-refractivity contribution in [1.29, 1.82) is 0 Å². The first-order valence-electron chi connectivity index (χ1n) is 4.29. The number of hydrogen-bond donors (Lipinski definition) is 0. The summed E-state index contributed by atoms with van der Waals surface area (Å²) in [7, 11) is 0. The van der Waals surface area contributed by atoms with Gasteiger partial charge in [-0.15, -0.1) is 0 Å². The van der Waals surface area contributed by atoms with Crippen molar-refractivity contribution in [2.75, 3.05) is 0 Å². The van der Waals surface area contributed by atoms with Gasteiger partial charge in [-0.2, -0.15) is 0 Å². The van der Waals surface area contributed by atoms with E-state index in [1.165, 1.54) is 18.2 Å². The number of halogens is 1. The Morgan fingerprint density at radius 2 is 2.07 bits per heavy atom. The van der Waals surface area contributed by atoms with Crippen molar-refractivity contribution in [2.45, 2.75) is 0 Å². The molecule has 68 valence electrons. The van der Waals surface area contributed by atoms with E-state index in [-0.39, 0.29) is 11.6 Å². The molecule has 0 saturated carbocycles. The van der Waals surface area contributed by atoms with Crippen molar-refractivity contribution in [2.24, 2.45) is 0 Å². The van der Waals surface area contributed by atoms with Crippen LogP contribution in [0.15, 0.2) is 36.5 Å². The van der Waals surface area contributed by atoms with Crippen LogP contribution < -0.4 is 0 Å². The van der Waals surface area contributed by atoms with Crippen LogP contribution in [-0.2, 0) is 0 Å². The molecule has 3 rings (SSSR count). The normalized spacial score (nSPS) is 12.8. The van der Waals surface area contributed by atoms with Gasteiger partial charge in [0.15, 0.2) is 0 Å². The van der Waals surface area contributed by atoms with Crippen LogP contribution in [0.4, 0.5) is 4.39 Å². The van der Waals surface area contributed by atoms with Crippen molar-refractivity contribution >= 4 is 5.78 Å². The van der Waals surface area contributed by atoms with E-state index >= 15 is 0 Å². The smallest absolute Gasteiger partial charge is 0.211 e. The van der Waals surface area contributed by atoms with Gasteiger partial charge >= 0.3 is 0 Å². The predicted molar refractivity (Wildman–Crippen MR) is 49.2 cm³/mol. The van der Waals surface area contributed by atoms with E-state index in [1.54, 1.807) is 22.9 Å². The van der Waals surface area contributed by atoms with Gasteiger partial charge in [-0.3, -0.25) is 4.79 Å². The van der Waals surface area contributed by atoms with Crippen LogP contribution in [0.3, 0.4) is 0 Å². The van der Waals surface area contributed by atoms with Gasteiger partial charge < -0.3 is 4.57 Å². The molecule has 1 aliphatic rings. The second-order valence-corrected chi connectivity index (χ2v) is 3.25. The van der Waals surface area contributed by atoms with Crippen molar-refractivity contribution in [3.8, 4) is 5.69 Å². The molecule has 1 aromatic heterocycles. The van der Waals surface area contributed by atoms with Crippen LogP contribution in [0.2, 0.25) is 0 Å². The Balaban J connectivity index is 2.40. The lowest BCUT2D eigenvalue weighted by atomic mass is 10.1. The molecule has 1 aromatic carbocycles. The maximum Gasteiger partial charge on any atom is 0.211 e. The fourth-order valence-corrected chi connectivity index (χ4v) is 1.81. The molecule has 0 spiro atoms. The number of ketones is 1. The standard InChI is InChI=1S/C11H6FNO/c12-7-3-4-8-10(6-7)13-5-1-2-9(13)11(8)14/h1-6H. The van der Waals surface area contributed by atoms with Crippen LogP contribution in [0, 0.1) is 5.82 Å². The maximum atomic E-state index is 13.0. The molecule has 0 unspecified atom stereocenters. The molecule has 14 heavy (non-hydrogen) atoms. The average molecular weight is 187 g/mol. The molecular formula is C11H6FNO. The van der Waals surface area contributed by atoms with Gasteiger partial charge in [0.05, 0.1) is 11.4 Å². The van der Waals surface area contributed by atoms with E-state index in [9.17, 15) is 9.18 Å². The molecule has 1 aliphatic heterocycles. The minimum atomic E-state index is -0.321. The Hall–Kier alpha value is -1.90. The molecule has 0 aliphatic carbocycles. The van der Waals surface area contributed by atoms with E-state index in [1.807, 2.05) is 0 Å². The Morgan fingerprint density at radius 3 is 2.93 bits per heavy atom. The molecule has 0 bridgehead atoms. The highest BCUT2D eigenvalue weighted by molar-refractivity contribution is 6.13. The first-order valence-corrected chi connectivity index (χ1v) is 4.29. The van der Waals surface area contributed by atoms with Gasteiger partial charge in [0, 0.05) is 11.8 Å². The minimum absolute atomic E-state index is 0.0370. The number of hydrogen-bond acceptors (Lipinski definition) is 1. The van der Waals surface area contributed by atoms with E-state index in [4.69, 9.17) is 0 Å².